The van der Waals surface area contributed by atoms with Gasteiger partial charge in [0, 0.05) is 24.2 Å². The molecule has 1 aromatic carbocycles. The van der Waals surface area contributed by atoms with Gasteiger partial charge in [0.1, 0.15) is 0 Å². The third kappa shape index (κ3) is 2.90. The van der Waals surface area contributed by atoms with Crippen molar-refractivity contribution in [1.82, 2.24) is 5.32 Å². The quantitative estimate of drug-likeness (QED) is 0.891. The zero-order valence-electron chi connectivity index (χ0n) is 11.0. The summed E-state index contributed by atoms with van der Waals surface area (Å²) < 4.78 is 10.7. The summed E-state index contributed by atoms with van der Waals surface area (Å²) in [7, 11) is 0. The lowest BCUT2D eigenvalue weighted by molar-refractivity contribution is 0.174. The fraction of sp³-hybridized carbons (Fsp3) is 0.571. The molecule has 2 unspecified atom stereocenters. The average Bonchev–Trinajstić information content (AvgIpc) is 3.00. The van der Waals surface area contributed by atoms with Crippen molar-refractivity contribution in [3.63, 3.8) is 0 Å². The smallest absolute Gasteiger partial charge is 0.231 e. The zero-order valence-corrected chi connectivity index (χ0v) is 11.8. The molecule has 0 bridgehead atoms. The van der Waals surface area contributed by atoms with Crippen molar-refractivity contribution >= 4 is 17.3 Å². The summed E-state index contributed by atoms with van der Waals surface area (Å²) in [5.74, 6) is 1.48. The van der Waals surface area contributed by atoms with Crippen LogP contribution in [0.1, 0.15) is 26.2 Å². The van der Waals surface area contributed by atoms with Crippen LogP contribution < -0.4 is 20.1 Å². The second kappa shape index (κ2) is 5.47. The number of hydrogen-bond acceptors (Lipinski definition) is 4. The van der Waals surface area contributed by atoms with E-state index in [1.807, 2.05) is 12.1 Å². The zero-order chi connectivity index (χ0) is 13.2. The third-order valence-electron chi connectivity index (χ3n) is 3.66. The van der Waals surface area contributed by atoms with Crippen LogP contribution in [0.4, 0.5) is 5.69 Å². The van der Waals surface area contributed by atoms with Gasteiger partial charge in [-0.15, -0.1) is 0 Å². The molecule has 0 aromatic heterocycles. The van der Waals surface area contributed by atoms with Crippen LogP contribution in [0.15, 0.2) is 12.1 Å². The Hall–Kier alpha value is -1.13. The number of rotatable bonds is 4. The molecular formula is C14H19ClN2O2. The lowest BCUT2D eigenvalue weighted by atomic mass is 10.1. The molecular weight excluding hydrogens is 264 g/mol. The van der Waals surface area contributed by atoms with Crippen LogP contribution in [0.2, 0.25) is 5.02 Å². The first-order valence-electron chi connectivity index (χ1n) is 6.81. The molecule has 0 aliphatic carbocycles. The minimum atomic E-state index is 0.274. The molecule has 0 saturated carbocycles. The number of hydrogen-bond donors (Lipinski definition) is 2. The van der Waals surface area contributed by atoms with Gasteiger partial charge in [0.25, 0.3) is 0 Å². The second-order valence-electron chi connectivity index (χ2n) is 5.26. The maximum atomic E-state index is 6.25. The maximum absolute atomic E-state index is 6.25. The van der Waals surface area contributed by atoms with E-state index < -0.39 is 0 Å². The number of ether oxygens (including phenoxy) is 2. The van der Waals surface area contributed by atoms with Crippen LogP contribution in [0.3, 0.4) is 0 Å². The van der Waals surface area contributed by atoms with Crippen molar-refractivity contribution in [3.05, 3.63) is 17.2 Å². The molecule has 2 N–H and O–H groups in total. The number of fused-ring (bicyclic) bond motifs is 1. The van der Waals surface area contributed by atoms with Crippen molar-refractivity contribution in [2.24, 2.45) is 0 Å². The fourth-order valence-corrected chi connectivity index (χ4v) is 2.95. The second-order valence-corrected chi connectivity index (χ2v) is 5.67. The topological polar surface area (TPSA) is 42.5 Å². The maximum Gasteiger partial charge on any atom is 0.231 e. The van der Waals surface area contributed by atoms with Crippen LogP contribution in [0, 0.1) is 0 Å². The van der Waals surface area contributed by atoms with E-state index in [0.717, 1.165) is 30.2 Å². The van der Waals surface area contributed by atoms with Gasteiger partial charge in [-0.1, -0.05) is 11.6 Å². The Morgan fingerprint density at radius 3 is 2.95 bits per heavy atom. The fourth-order valence-electron chi connectivity index (χ4n) is 2.74. The Balaban J connectivity index is 1.65. The summed E-state index contributed by atoms with van der Waals surface area (Å²) in [6, 6.07) is 4.72. The molecule has 4 nitrogen and oxygen atoms in total. The summed E-state index contributed by atoms with van der Waals surface area (Å²) in [5, 5.41) is 7.65. The van der Waals surface area contributed by atoms with E-state index in [2.05, 4.69) is 17.6 Å². The van der Waals surface area contributed by atoms with Gasteiger partial charge in [-0.25, -0.2) is 0 Å². The highest BCUT2D eigenvalue weighted by Crippen LogP contribution is 2.39. The highest BCUT2D eigenvalue weighted by atomic mass is 35.5. The SMILES string of the molecule is CC(CC1CCCN1)Nc1cc2c(cc1Cl)OCO2. The minimum absolute atomic E-state index is 0.274. The van der Waals surface area contributed by atoms with E-state index in [1.165, 1.54) is 12.8 Å². The molecule has 1 saturated heterocycles. The van der Waals surface area contributed by atoms with Crippen LogP contribution >= 0.6 is 11.6 Å². The Bertz CT molecular complexity index is 461. The third-order valence-corrected chi connectivity index (χ3v) is 3.98. The number of benzene rings is 1. The predicted octanol–water partition coefficient (Wildman–Crippen LogP) is 3.01. The Morgan fingerprint density at radius 1 is 1.42 bits per heavy atom. The standard InChI is InChI=1S/C14H19ClN2O2/c1-9(5-10-3-2-4-16-10)17-12-7-14-13(6-11(12)15)18-8-19-14/h6-7,9-10,16-17H,2-5,8H2,1H3. The molecule has 19 heavy (non-hydrogen) atoms. The first-order chi connectivity index (χ1) is 9.22. The van der Waals surface area contributed by atoms with Crippen molar-refractivity contribution < 1.29 is 9.47 Å². The van der Waals surface area contributed by atoms with Gasteiger partial charge in [0.2, 0.25) is 6.79 Å². The molecule has 104 valence electrons. The van der Waals surface area contributed by atoms with E-state index in [-0.39, 0.29) is 6.79 Å². The summed E-state index contributed by atoms with van der Waals surface area (Å²) in [6.45, 7) is 3.60. The Labute approximate surface area is 118 Å². The molecule has 0 amide bonds. The summed E-state index contributed by atoms with van der Waals surface area (Å²) in [4.78, 5) is 0. The van der Waals surface area contributed by atoms with Crippen molar-refractivity contribution in [3.8, 4) is 11.5 Å². The molecule has 2 atom stereocenters. The first-order valence-corrected chi connectivity index (χ1v) is 7.19. The highest BCUT2D eigenvalue weighted by molar-refractivity contribution is 6.33. The summed E-state index contributed by atoms with van der Waals surface area (Å²) in [5.41, 5.74) is 0.913. The molecule has 2 heterocycles. The van der Waals surface area contributed by atoms with Gasteiger partial charge in [-0.2, -0.15) is 0 Å². The molecule has 1 fully saturated rings. The monoisotopic (exact) mass is 282 g/mol. The molecule has 2 aliphatic rings. The largest absolute Gasteiger partial charge is 0.454 e. The van der Waals surface area contributed by atoms with E-state index in [4.69, 9.17) is 21.1 Å². The van der Waals surface area contributed by atoms with Gasteiger partial charge in [0.15, 0.2) is 11.5 Å². The van der Waals surface area contributed by atoms with E-state index in [9.17, 15) is 0 Å². The molecule has 3 rings (SSSR count). The van der Waals surface area contributed by atoms with Gasteiger partial charge in [-0.05, 0) is 32.7 Å². The molecule has 1 aromatic rings. The van der Waals surface area contributed by atoms with E-state index in [1.54, 1.807) is 0 Å². The first kappa shape index (κ1) is 12.9. The van der Waals surface area contributed by atoms with Crippen LogP contribution in [0.5, 0.6) is 11.5 Å². The molecule has 0 radical (unpaired) electrons. The lowest BCUT2D eigenvalue weighted by Gasteiger charge is -2.20. The highest BCUT2D eigenvalue weighted by Gasteiger charge is 2.20. The van der Waals surface area contributed by atoms with Crippen LogP contribution in [-0.4, -0.2) is 25.4 Å². The van der Waals surface area contributed by atoms with Gasteiger partial charge < -0.3 is 20.1 Å². The van der Waals surface area contributed by atoms with Crippen molar-refractivity contribution in [2.45, 2.75) is 38.3 Å². The Kier molecular flexibility index (Phi) is 3.71. The minimum Gasteiger partial charge on any atom is -0.454 e. The Morgan fingerprint density at radius 2 is 2.21 bits per heavy atom. The number of halogens is 1. The average molecular weight is 283 g/mol. The summed E-state index contributed by atoms with van der Waals surface area (Å²) in [6.07, 6.45) is 3.65. The van der Waals surface area contributed by atoms with Crippen LogP contribution in [0.25, 0.3) is 0 Å². The summed E-state index contributed by atoms with van der Waals surface area (Å²) >= 11 is 6.25. The van der Waals surface area contributed by atoms with Gasteiger partial charge in [-0.3, -0.25) is 0 Å². The lowest BCUT2D eigenvalue weighted by Crippen LogP contribution is -2.29. The molecule has 5 heteroatoms. The van der Waals surface area contributed by atoms with E-state index in [0.29, 0.717) is 17.1 Å². The normalized spacial score (nSPS) is 22.5. The molecule has 2 aliphatic heterocycles. The van der Waals surface area contributed by atoms with Gasteiger partial charge in [0.05, 0.1) is 10.7 Å². The molecule has 0 spiro atoms. The number of nitrogens with one attached hydrogen (secondary N) is 2. The van der Waals surface area contributed by atoms with E-state index >= 15 is 0 Å². The van der Waals surface area contributed by atoms with Crippen molar-refractivity contribution in [2.75, 3.05) is 18.7 Å². The van der Waals surface area contributed by atoms with Crippen LogP contribution in [-0.2, 0) is 0 Å². The predicted molar refractivity (Wildman–Crippen MR) is 76.3 cm³/mol. The number of anilines is 1. The van der Waals surface area contributed by atoms with Gasteiger partial charge >= 0.3 is 0 Å². The van der Waals surface area contributed by atoms with Crippen molar-refractivity contribution in [1.29, 1.82) is 0 Å².